The Kier molecular flexibility index (Phi) is 6.33. The van der Waals surface area contributed by atoms with Crippen LogP contribution >= 0.6 is 15.9 Å². The maximum Gasteiger partial charge on any atom is 0.251 e. The van der Waals surface area contributed by atoms with Gasteiger partial charge in [-0.15, -0.1) is 0 Å². The summed E-state index contributed by atoms with van der Waals surface area (Å²) in [6.07, 6.45) is -0.117. The lowest BCUT2D eigenvalue weighted by Crippen LogP contribution is -2.32. The van der Waals surface area contributed by atoms with Crippen LogP contribution in [0.3, 0.4) is 0 Å². The second-order valence-corrected chi connectivity index (χ2v) is 6.95. The van der Waals surface area contributed by atoms with Gasteiger partial charge in [-0.3, -0.25) is 4.79 Å². The number of hydrogen-bond donors (Lipinski definition) is 2. The molecule has 1 aromatic rings. The second kappa shape index (κ2) is 7.35. The van der Waals surface area contributed by atoms with Crippen LogP contribution in [0.15, 0.2) is 21.5 Å². The van der Waals surface area contributed by atoms with Crippen LogP contribution in [0.2, 0.25) is 0 Å². The number of aryl methyl sites for hydroxylation is 1. The predicted molar refractivity (Wildman–Crippen MR) is 83.7 cm³/mol. The minimum absolute atomic E-state index is 0.106. The average molecular weight is 379 g/mol. The normalized spacial score (nSPS) is 13.0. The van der Waals surface area contributed by atoms with E-state index in [9.17, 15) is 13.2 Å². The van der Waals surface area contributed by atoms with Crippen molar-refractivity contribution in [3.05, 3.63) is 27.7 Å². The molecule has 0 aliphatic carbocycles. The summed E-state index contributed by atoms with van der Waals surface area (Å²) in [7, 11) is -3.90. The number of nitrogens with two attached hydrogens (primary N) is 1. The molecular formula is C13H19BrN2O4S. The van der Waals surface area contributed by atoms with Crippen molar-refractivity contribution >= 4 is 31.9 Å². The van der Waals surface area contributed by atoms with E-state index in [4.69, 9.17) is 9.88 Å². The van der Waals surface area contributed by atoms with Crippen LogP contribution in [0.1, 0.15) is 29.8 Å². The molecule has 0 aliphatic rings. The highest BCUT2D eigenvalue weighted by Gasteiger charge is 2.18. The van der Waals surface area contributed by atoms with E-state index in [1.165, 1.54) is 6.07 Å². The van der Waals surface area contributed by atoms with Crippen molar-refractivity contribution in [3.63, 3.8) is 0 Å². The molecule has 1 atom stereocenters. The molecular weight excluding hydrogens is 360 g/mol. The van der Waals surface area contributed by atoms with Gasteiger partial charge in [0.2, 0.25) is 10.0 Å². The highest BCUT2D eigenvalue weighted by Crippen LogP contribution is 2.26. The van der Waals surface area contributed by atoms with Gasteiger partial charge in [0, 0.05) is 23.2 Å². The van der Waals surface area contributed by atoms with Crippen LogP contribution in [-0.2, 0) is 14.8 Å². The Morgan fingerprint density at radius 3 is 2.62 bits per heavy atom. The van der Waals surface area contributed by atoms with Gasteiger partial charge in [0.05, 0.1) is 11.0 Å². The molecule has 0 heterocycles. The van der Waals surface area contributed by atoms with Crippen LogP contribution in [0.25, 0.3) is 0 Å². The summed E-state index contributed by atoms with van der Waals surface area (Å²) in [6, 6.07) is 2.85. The number of benzene rings is 1. The van der Waals surface area contributed by atoms with E-state index in [0.717, 1.165) is 0 Å². The Labute approximate surface area is 133 Å². The number of halogens is 1. The van der Waals surface area contributed by atoms with Crippen LogP contribution < -0.4 is 10.5 Å². The topological polar surface area (TPSA) is 98.5 Å². The zero-order valence-corrected chi connectivity index (χ0v) is 14.5. The third-order valence-corrected chi connectivity index (χ3v) is 5.04. The van der Waals surface area contributed by atoms with E-state index in [1.54, 1.807) is 13.0 Å². The summed E-state index contributed by atoms with van der Waals surface area (Å²) in [5.41, 5.74) is 0.855. The lowest BCUT2D eigenvalue weighted by molar-refractivity contribution is 0.0695. The number of primary sulfonamides is 1. The largest absolute Gasteiger partial charge is 0.377 e. The number of sulfonamides is 1. The first-order valence-electron chi connectivity index (χ1n) is 6.39. The smallest absolute Gasteiger partial charge is 0.251 e. The van der Waals surface area contributed by atoms with Crippen molar-refractivity contribution < 1.29 is 17.9 Å². The number of ether oxygens (including phenoxy) is 1. The Morgan fingerprint density at radius 1 is 1.48 bits per heavy atom. The molecule has 1 rings (SSSR count). The second-order valence-electron chi connectivity index (χ2n) is 4.63. The number of carbonyl (C=O) groups excluding carboxylic acids is 1. The molecule has 0 aromatic heterocycles. The quantitative estimate of drug-likeness (QED) is 0.784. The first kappa shape index (κ1) is 18.1. The van der Waals surface area contributed by atoms with Crippen LogP contribution in [-0.4, -0.2) is 33.6 Å². The Morgan fingerprint density at radius 2 is 2.10 bits per heavy atom. The van der Waals surface area contributed by atoms with Gasteiger partial charge in [-0.2, -0.15) is 0 Å². The lowest BCUT2D eigenvalue weighted by Gasteiger charge is -2.14. The molecule has 0 radical (unpaired) electrons. The van der Waals surface area contributed by atoms with E-state index >= 15 is 0 Å². The van der Waals surface area contributed by atoms with Crippen molar-refractivity contribution in [2.24, 2.45) is 5.14 Å². The summed E-state index contributed by atoms with van der Waals surface area (Å²) >= 11 is 3.17. The lowest BCUT2D eigenvalue weighted by atomic mass is 10.1. The zero-order valence-electron chi connectivity index (χ0n) is 12.1. The number of nitrogens with one attached hydrogen (secondary N) is 1. The molecule has 1 aromatic carbocycles. The van der Waals surface area contributed by atoms with E-state index in [1.807, 2.05) is 13.8 Å². The molecule has 8 heteroatoms. The molecule has 0 spiro atoms. The third kappa shape index (κ3) is 5.06. The maximum atomic E-state index is 12.1. The van der Waals surface area contributed by atoms with Crippen LogP contribution in [0.4, 0.5) is 0 Å². The van der Waals surface area contributed by atoms with Crippen LogP contribution in [0.5, 0.6) is 0 Å². The molecule has 1 amide bonds. The average Bonchev–Trinajstić information content (AvgIpc) is 2.38. The van der Waals surface area contributed by atoms with Crippen molar-refractivity contribution in [2.45, 2.75) is 31.8 Å². The molecule has 3 N–H and O–H groups in total. The fourth-order valence-corrected chi connectivity index (χ4v) is 3.37. The van der Waals surface area contributed by atoms with Crippen molar-refractivity contribution in [3.8, 4) is 0 Å². The fourth-order valence-electron chi connectivity index (χ4n) is 1.76. The van der Waals surface area contributed by atoms with Gasteiger partial charge in [-0.1, -0.05) is 0 Å². The van der Waals surface area contributed by atoms with Gasteiger partial charge >= 0.3 is 0 Å². The summed E-state index contributed by atoms with van der Waals surface area (Å²) in [4.78, 5) is 12.0. The summed E-state index contributed by atoms with van der Waals surface area (Å²) < 4.78 is 28.7. The SMILES string of the molecule is CCOC(C)CNC(=O)c1cc(C)c(Br)c(S(N)(=O)=O)c1. The van der Waals surface area contributed by atoms with E-state index in [2.05, 4.69) is 21.2 Å². The predicted octanol–water partition coefficient (Wildman–Crippen LogP) is 1.56. The molecule has 6 nitrogen and oxygen atoms in total. The summed E-state index contributed by atoms with van der Waals surface area (Å²) in [5, 5.41) is 7.84. The standard InChI is InChI=1S/C13H19BrN2O4S/c1-4-20-9(3)7-16-13(17)10-5-8(2)12(14)11(6-10)21(15,18)19/h5-6,9H,4,7H2,1-3H3,(H,16,17)(H2,15,18,19). The molecule has 118 valence electrons. The highest BCUT2D eigenvalue weighted by molar-refractivity contribution is 9.10. The van der Waals surface area contributed by atoms with E-state index < -0.39 is 10.0 Å². The minimum Gasteiger partial charge on any atom is -0.377 e. The van der Waals surface area contributed by atoms with Gasteiger partial charge in [0.1, 0.15) is 0 Å². The Balaban J connectivity index is 2.99. The molecule has 0 saturated carbocycles. The van der Waals surface area contributed by atoms with Crippen molar-refractivity contribution in [1.82, 2.24) is 5.32 Å². The van der Waals surface area contributed by atoms with Gasteiger partial charge in [0.25, 0.3) is 5.91 Å². The number of hydrogen-bond acceptors (Lipinski definition) is 4. The molecule has 0 saturated heterocycles. The molecule has 0 aliphatic heterocycles. The number of rotatable bonds is 6. The maximum absolute atomic E-state index is 12.1. The van der Waals surface area contributed by atoms with E-state index in [0.29, 0.717) is 23.2 Å². The Bertz CT molecular complexity index is 631. The number of carbonyl (C=O) groups is 1. The minimum atomic E-state index is -3.90. The fraction of sp³-hybridized carbons (Fsp3) is 0.462. The monoisotopic (exact) mass is 378 g/mol. The third-order valence-electron chi connectivity index (χ3n) is 2.79. The van der Waals surface area contributed by atoms with Gasteiger partial charge in [-0.05, 0) is 54.4 Å². The van der Waals surface area contributed by atoms with E-state index in [-0.39, 0.29) is 22.5 Å². The van der Waals surface area contributed by atoms with Gasteiger partial charge in [-0.25, -0.2) is 13.6 Å². The molecule has 0 fully saturated rings. The van der Waals surface area contributed by atoms with Gasteiger partial charge in [0.15, 0.2) is 0 Å². The Hall–Kier alpha value is -0.960. The van der Waals surface area contributed by atoms with Crippen LogP contribution in [0, 0.1) is 6.92 Å². The summed E-state index contributed by atoms with van der Waals surface area (Å²) in [6.45, 7) is 6.30. The molecule has 21 heavy (non-hydrogen) atoms. The van der Waals surface area contributed by atoms with Gasteiger partial charge < -0.3 is 10.1 Å². The zero-order chi connectivity index (χ0) is 16.2. The first-order valence-corrected chi connectivity index (χ1v) is 8.73. The number of amides is 1. The molecule has 1 unspecified atom stereocenters. The molecule has 0 bridgehead atoms. The summed E-state index contributed by atoms with van der Waals surface area (Å²) in [5.74, 6) is -0.373. The highest BCUT2D eigenvalue weighted by atomic mass is 79.9. The van der Waals surface area contributed by atoms with Crippen molar-refractivity contribution in [1.29, 1.82) is 0 Å². The first-order chi connectivity index (χ1) is 9.66. The van der Waals surface area contributed by atoms with Crippen molar-refractivity contribution in [2.75, 3.05) is 13.2 Å².